The van der Waals surface area contributed by atoms with Crippen LogP contribution in [0.5, 0.6) is 0 Å². The molecule has 0 aliphatic heterocycles. The van der Waals surface area contributed by atoms with Gasteiger partial charge in [-0.3, -0.25) is 0 Å². The second kappa shape index (κ2) is 5.50. The summed E-state index contributed by atoms with van der Waals surface area (Å²) in [6.07, 6.45) is 3.08. The lowest BCUT2D eigenvalue weighted by Gasteiger charge is -2.04. The molecule has 1 heterocycles. The van der Waals surface area contributed by atoms with Gasteiger partial charge in [-0.25, -0.2) is 9.97 Å². The first-order valence-corrected chi connectivity index (χ1v) is 6.06. The highest BCUT2D eigenvalue weighted by atomic mass is 32.2. The third kappa shape index (κ3) is 2.78. The van der Waals surface area contributed by atoms with Gasteiger partial charge in [0.1, 0.15) is 10.7 Å². The van der Waals surface area contributed by atoms with Gasteiger partial charge in [0.2, 0.25) is 0 Å². The van der Waals surface area contributed by atoms with E-state index in [0.29, 0.717) is 5.69 Å². The van der Waals surface area contributed by atoms with Crippen molar-refractivity contribution in [1.29, 1.82) is 0 Å². The van der Waals surface area contributed by atoms with Crippen LogP contribution in [0.25, 0.3) is 0 Å². The molecule has 0 unspecified atom stereocenters. The number of oxime groups is 1. The van der Waals surface area contributed by atoms with Crippen molar-refractivity contribution in [3.63, 3.8) is 0 Å². The van der Waals surface area contributed by atoms with Crippen molar-refractivity contribution in [2.45, 2.75) is 16.8 Å². The fraction of sp³-hybridized carbons (Fsp3) is 0.0833. The maximum atomic E-state index is 8.52. The number of benzene rings is 1. The van der Waals surface area contributed by atoms with Gasteiger partial charge in [0.25, 0.3) is 0 Å². The Kier molecular flexibility index (Phi) is 3.78. The fourth-order valence-corrected chi connectivity index (χ4v) is 2.15. The number of aryl methyl sites for hydroxylation is 1. The lowest BCUT2D eigenvalue weighted by molar-refractivity contribution is 0.318. The largest absolute Gasteiger partial charge is 0.409 e. The van der Waals surface area contributed by atoms with Crippen LogP contribution in [0.4, 0.5) is 0 Å². The van der Waals surface area contributed by atoms with Gasteiger partial charge in [-0.1, -0.05) is 35.1 Å². The molecule has 0 bridgehead atoms. The van der Waals surface area contributed by atoms with E-state index in [1.807, 2.05) is 31.2 Å². The SMILES string of the molecule is Cc1ccccc1Sc1cnc(C(N)=NO)cn1. The van der Waals surface area contributed by atoms with Crippen LogP contribution in [-0.4, -0.2) is 21.0 Å². The van der Waals surface area contributed by atoms with Gasteiger partial charge in [-0.2, -0.15) is 0 Å². The van der Waals surface area contributed by atoms with E-state index in [9.17, 15) is 0 Å². The number of hydrogen-bond donors (Lipinski definition) is 2. The number of nitrogens with zero attached hydrogens (tertiary/aromatic N) is 3. The minimum absolute atomic E-state index is 0.0464. The van der Waals surface area contributed by atoms with Crippen molar-refractivity contribution in [3.05, 3.63) is 47.9 Å². The zero-order valence-electron chi connectivity index (χ0n) is 9.74. The Labute approximate surface area is 109 Å². The number of aromatic nitrogens is 2. The number of nitrogens with two attached hydrogens (primary N) is 1. The highest BCUT2D eigenvalue weighted by Gasteiger charge is 2.04. The minimum atomic E-state index is -0.0464. The van der Waals surface area contributed by atoms with Gasteiger partial charge in [-0.05, 0) is 18.6 Å². The summed E-state index contributed by atoms with van der Waals surface area (Å²) >= 11 is 1.53. The third-order valence-corrected chi connectivity index (χ3v) is 3.40. The lowest BCUT2D eigenvalue weighted by atomic mass is 10.2. The average molecular weight is 260 g/mol. The van der Waals surface area contributed by atoms with Gasteiger partial charge in [0.15, 0.2) is 5.84 Å². The van der Waals surface area contributed by atoms with Crippen molar-refractivity contribution in [1.82, 2.24) is 9.97 Å². The Balaban J connectivity index is 2.19. The topological polar surface area (TPSA) is 84.4 Å². The van der Waals surface area contributed by atoms with Crippen molar-refractivity contribution < 1.29 is 5.21 Å². The van der Waals surface area contributed by atoms with Crippen LogP contribution in [0, 0.1) is 6.92 Å². The van der Waals surface area contributed by atoms with Crippen molar-refractivity contribution in [3.8, 4) is 0 Å². The molecule has 0 radical (unpaired) electrons. The van der Waals surface area contributed by atoms with Gasteiger partial charge in [0, 0.05) is 4.90 Å². The van der Waals surface area contributed by atoms with E-state index >= 15 is 0 Å². The highest BCUT2D eigenvalue weighted by Crippen LogP contribution is 2.27. The second-order valence-corrected chi connectivity index (χ2v) is 4.65. The van der Waals surface area contributed by atoms with E-state index in [1.165, 1.54) is 23.5 Å². The molecule has 0 fully saturated rings. The molecule has 6 heteroatoms. The Morgan fingerprint density at radius 1 is 1.28 bits per heavy atom. The molecule has 2 aromatic rings. The summed E-state index contributed by atoms with van der Waals surface area (Å²) in [7, 11) is 0. The van der Waals surface area contributed by atoms with E-state index in [4.69, 9.17) is 10.9 Å². The standard InChI is InChI=1S/C12H12N4OS/c1-8-4-2-3-5-10(8)18-11-7-14-9(6-15-11)12(13)16-17/h2-7,17H,1H3,(H2,13,16). The Hall–Kier alpha value is -2.08. The molecule has 92 valence electrons. The number of rotatable bonds is 3. The molecule has 0 saturated heterocycles. The predicted molar refractivity (Wildman–Crippen MR) is 69.8 cm³/mol. The molecule has 0 aliphatic carbocycles. The van der Waals surface area contributed by atoms with Gasteiger partial charge >= 0.3 is 0 Å². The summed E-state index contributed by atoms with van der Waals surface area (Å²) in [5.74, 6) is -0.0464. The maximum absolute atomic E-state index is 8.52. The van der Waals surface area contributed by atoms with Gasteiger partial charge in [-0.15, -0.1) is 0 Å². The molecule has 1 aromatic heterocycles. The second-order valence-electron chi connectivity index (χ2n) is 3.59. The molecule has 5 nitrogen and oxygen atoms in total. The fourth-order valence-electron chi connectivity index (χ4n) is 1.34. The summed E-state index contributed by atoms with van der Waals surface area (Å²) in [6.45, 7) is 2.04. The molecular weight excluding hydrogens is 248 g/mol. The Morgan fingerprint density at radius 3 is 2.67 bits per heavy atom. The molecule has 0 amide bonds. The summed E-state index contributed by atoms with van der Waals surface area (Å²) in [4.78, 5) is 9.42. The van der Waals surface area contributed by atoms with Crippen LogP contribution >= 0.6 is 11.8 Å². The molecule has 0 spiro atoms. The molecule has 0 saturated carbocycles. The summed E-state index contributed by atoms with van der Waals surface area (Å²) < 4.78 is 0. The zero-order chi connectivity index (χ0) is 13.0. The maximum Gasteiger partial charge on any atom is 0.190 e. The van der Waals surface area contributed by atoms with Crippen LogP contribution in [0.15, 0.2) is 51.7 Å². The van der Waals surface area contributed by atoms with Crippen molar-refractivity contribution in [2.24, 2.45) is 10.9 Å². The summed E-state index contributed by atoms with van der Waals surface area (Å²) in [5.41, 5.74) is 6.95. The minimum Gasteiger partial charge on any atom is -0.409 e. The molecule has 3 N–H and O–H groups in total. The lowest BCUT2D eigenvalue weighted by Crippen LogP contribution is -2.15. The first kappa shape index (κ1) is 12.4. The van der Waals surface area contributed by atoms with E-state index in [2.05, 4.69) is 15.1 Å². The first-order valence-electron chi connectivity index (χ1n) is 5.24. The third-order valence-electron chi connectivity index (χ3n) is 2.31. The summed E-state index contributed by atoms with van der Waals surface area (Å²) in [5, 5.41) is 12.2. The molecule has 2 rings (SSSR count). The van der Waals surface area contributed by atoms with Crippen LogP contribution in [0.2, 0.25) is 0 Å². The predicted octanol–water partition coefficient (Wildman–Crippen LogP) is 2.03. The van der Waals surface area contributed by atoms with Crippen LogP contribution in [-0.2, 0) is 0 Å². The normalized spacial score (nSPS) is 11.5. The molecule has 0 atom stereocenters. The zero-order valence-corrected chi connectivity index (χ0v) is 10.6. The Morgan fingerprint density at radius 2 is 2.06 bits per heavy atom. The van der Waals surface area contributed by atoms with Gasteiger partial charge in [0.05, 0.1) is 12.4 Å². The van der Waals surface area contributed by atoms with Gasteiger partial charge < -0.3 is 10.9 Å². The summed E-state index contributed by atoms with van der Waals surface area (Å²) in [6, 6.07) is 8.04. The highest BCUT2D eigenvalue weighted by molar-refractivity contribution is 7.99. The smallest absolute Gasteiger partial charge is 0.190 e. The van der Waals surface area contributed by atoms with Crippen LogP contribution in [0.3, 0.4) is 0 Å². The molecule has 1 aromatic carbocycles. The molecule has 0 aliphatic rings. The number of hydrogen-bond acceptors (Lipinski definition) is 5. The van der Waals surface area contributed by atoms with E-state index in [1.54, 1.807) is 6.20 Å². The average Bonchev–Trinajstić information content (AvgIpc) is 2.41. The Bertz CT molecular complexity index is 569. The molecule has 18 heavy (non-hydrogen) atoms. The van der Waals surface area contributed by atoms with E-state index < -0.39 is 0 Å². The van der Waals surface area contributed by atoms with Crippen LogP contribution in [0.1, 0.15) is 11.3 Å². The van der Waals surface area contributed by atoms with E-state index in [-0.39, 0.29) is 5.84 Å². The first-order chi connectivity index (χ1) is 8.70. The van der Waals surface area contributed by atoms with E-state index in [0.717, 1.165) is 9.92 Å². The van der Waals surface area contributed by atoms with Crippen LogP contribution < -0.4 is 5.73 Å². The monoisotopic (exact) mass is 260 g/mol. The quantitative estimate of drug-likeness (QED) is 0.382. The van der Waals surface area contributed by atoms with Crippen molar-refractivity contribution in [2.75, 3.05) is 0 Å². The molecular formula is C12H12N4OS. The number of amidine groups is 1. The van der Waals surface area contributed by atoms with Crippen molar-refractivity contribution >= 4 is 17.6 Å².